The Balaban J connectivity index is 3.01. The molecular formula is C10H13O6P. The second-order valence-corrected chi connectivity index (χ2v) is 5.68. The number of carboxylic acid groups (broad SMARTS) is 1. The maximum Gasteiger partial charge on any atom is 0.357 e. The predicted molar refractivity (Wildman–Crippen MR) is 59.4 cm³/mol. The largest absolute Gasteiger partial charge is 0.481 e. The van der Waals surface area contributed by atoms with Crippen LogP contribution in [0.3, 0.4) is 0 Å². The van der Waals surface area contributed by atoms with Crippen molar-refractivity contribution in [3.05, 3.63) is 35.9 Å². The van der Waals surface area contributed by atoms with Crippen LogP contribution in [0.4, 0.5) is 0 Å². The standard InChI is InChI=1S/C10H13O6P/c11-9(12)7-10(13,17(14,15)16)6-8-4-2-1-3-5-8/h1-5,13H,6-7H2,(H,11,12)(H2,14,15,16). The Bertz CT molecular complexity index is 439. The molecule has 0 saturated heterocycles. The van der Waals surface area contributed by atoms with Crippen molar-refractivity contribution >= 4 is 13.6 Å². The van der Waals surface area contributed by atoms with Gasteiger partial charge >= 0.3 is 13.6 Å². The zero-order valence-corrected chi connectivity index (χ0v) is 9.75. The van der Waals surface area contributed by atoms with Gasteiger partial charge in [-0.15, -0.1) is 0 Å². The normalized spacial score (nSPS) is 15.2. The van der Waals surface area contributed by atoms with E-state index in [2.05, 4.69) is 0 Å². The third-order valence-electron chi connectivity index (χ3n) is 2.31. The third-order valence-corrected chi connectivity index (χ3v) is 3.71. The highest BCUT2D eigenvalue weighted by Crippen LogP contribution is 2.52. The zero-order chi connectivity index (χ0) is 13.1. The van der Waals surface area contributed by atoms with Crippen LogP contribution in [-0.2, 0) is 15.8 Å². The van der Waals surface area contributed by atoms with E-state index in [0.29, 0.717) is 5.56 Å². The smallest absolute Gasteiger partial charge is 0.357 e. The average molecular weight is 260 g/mol. The molecule has 1 aromatic carbocycles. The molecule has 0 aliphatic heterocycles. The van der Waals surface area contributed by atoms with Crippen LogP contribution in [0.1, 0.15) is 12.0 Å². The quantitative estimate of drug-likeness (QED) is 0.575. The van der Waals surface area contributed by atoms with Gasteiger partial charge in [0.2, 0.25) is 0 Å². The molecule has 0 aliphatic carbocycles. The maximum absolute atomic E-state index is 11.2. The van der Waals surface area contributed by atoms with Crippen molar-refractivity contribution in [2.24, 2.45) is 0 Å². The van der Waals surface area contributed by atoms with Crippen molar-refractivity contribution < 1.29 is 29.4 Å². The van der Waals surface area contributed by atoms with Crippen molar-refractivity contribution in [3.63, 3.8) is 0 Å². The number of aliphatic carboxylic acids is 1. The van der Waals surface area contributed by atoms with Gasteiger partial charge in [-0.25, -0.2) is 0 Å². The van der Waals surface area contributed by atoms with Gasteiger partial charge in [-0.1, -0.05) is 30.3 Å². The van der Waals surface area contributed by atoms with Crippen LogP contribution in [-0.4, -0.2) is 31.3 Å². The second kappa shape index (κ2) is 4.98. The monoisotopic (exact) mass is 260 g/mol. The molecular weight excluding hydrogens is 247 g/mol. The highest BCUT2D eigenvalue weighted by Gasteiger charge is 2.46. The summed E-state index contributed by atoms with van der Waals surface area (Å²) >= 11 is 0. The molecule has 0 heterocycles. The third kappa shape index (κ3) is 3.64. The molecule has 0 radical (unpaired) electrons. The van der Waals surface area contributed by atoms with E-state index in [9.17, 15) is 14.5 Å². The summed E-state index contributed by atoms with van der Waals surface area (Å²) in [7, 11) is -4.93. The fourth-order valence-electron chi connectivity index (χ4n) is 1.43. The summed E-state index contributed by atoms with van der Waals surface area (Å²) < 4.78 is 11.2. The minimum atomic E-state index is -4.93. The van der Waals surface area contributed by atoms with E-state index in [4.69, 9.17) is 14.9 Å². The highest BCUT2D eigenvalue weighted by molar-refractivity contribution is 7.53. The van der Waals surface area contributed by atoms with Crippen molar-refractivity contribution in [2.45, 2.75) is 18.2 Å². The van der Waals surface area contributed by atoms with Crippen LogP contribution in [0, 0.1) is 0 Å². The molecule has 0 aliphatic rings. The Morgan fingerprint density at radius 3 is 2.18 bits per heavy atom. The molecule has 0 saturated carbocycles. The lowest BCUT2D eigenvalue weighted by Gasteiger charge is -2.27. The van der Waals surface area contributed by atoms with Crippen LogP contribution in [0.2, 0.25) is 0 Å². The summed E-state index contributed by atoms with van der Waals surface area (Å²) in [4.78, 5) is 28.6. The first-order valence-corrected chi connectivity index (χ1v) is 6.39. The topological polar surface area (TPSA) is 115 Å². The minimum absolute atomic E-state index is 0.412. The average Bonchev–Trinajstić information content (AvgIpc) is 2.15. The van der Waals surface area contributed by atoms with Gasteiger partial charge in [-0.2, -0.15) is 0 Å². The predicted octanol–water partition coefficient (Wildman–Crippen LogP) is 0.570. The van der Waals surface area contributed by atoms with E-state index in [1.54, 1.807) is 30.3 Å². The summed E-state index contributed by atoms with van der Waals surface area (Å²) in [5.41, 5.74) is 0.458. The Hall–Kier alpha value is -1.20. The first-order chi connectivity index (χ1) is 7.74. The molecule has 1 atom stereocenters. The van der Waals surface area contributed by atoms with Gasteiger partial charge in [-0.3, -0.25) is 9.36 Å². The molecule has 0 bridgehead atoms. The van der Waals surface area contributed by atoms with E-state index >= 15 is 0 Å². The van der Waals surface area contributed by atoms with Gasteiger partial charge in [0.25, 0.3) is 0 Å². The van der Waals surface area contributed by atoms with Gasteiger partial charge in [0.15, 0.2) is 5.34 Å². The molecule has 1 unspecified atom stereocenters. The number of rotatable bonds is 5. The summed E-state index contributed by atoms with van der Waals surface area (Å²) in [6.45, 7) is 0. The van der Waals surface area contributed by atoms with Crippen molar-refractivity contribution in [2.75, 3.05) is 0 Å². The van der Waals surface area contributed by atoms with Crippen LogP contribution >= 0.6 is 7.60 Å². The lowest BCUT2D eigenvalue weighted by molar-refractivity contribution is -0.140. The molecule has 1 aromatic rings. The van der Waals surface area contributed by atoms with E-state index in [0.717, 1.165) is 0 Å². The van der Waals surface area contributed by atoms with Gasteiger partial charge in [-0.05, 0) is 5.56 Å². The molecule has 4 N–H and O–H groups in total. The van der Waals surface area contributed by atoms with Crippen LogP contribution < -0.4 is 0 Å². The molecule has 17 heavy (non-hydrogen) atoms. The molecule has 0 fully saturated rings. The van der Waals surface area contributed by atoms with Gasteiger partial charge in [0.1, 0.15) is 0 Å². The zero-order valence-electron chi connectivity index (χ0n) is 8.85. The summed E-state index contributed by atoms with van der Waals surface area (Å²) in [6, 6.07) is 8.09. The van der Waals surface area contributed by atoms with Crippen LogP contribution in [0.25, 0.3) is 0 Å². The van der Waals surface area contributed by atoms with Gasteiger partial charge in [0, 0.05) is 6.42 Å². The number of benzene rings is 1. The van der Waals surface area contributed by atoms with Crippen molar-refractivity contribution in [1.82, 2.24) is 0 Å². The highest BCUT2D eigenvalue weighted by atomic mass is 31.2. The lowest BCUT2D eigenvalue weighted by Crippen LogP contribution is -2.34. The fourth-order valence-corrected chi connectivity index (χ4v) is 2.16. The summed E-state index contributed by atoms with van der Waals surface area (Å²) in [5, 5.41) is 15.8. The molecule has 0 spiro atoms. The maximum atomic E-state index is 11.2. The number of hydrogen-bond donors (Lipinski definition) is 4. The molecule has 7 heteroatoms. The fraction of sp³-hybridized carbons (Fsp3) is 0.300. The molecule has 94 valence electrons. The number of carboxylic acids is 1. The van der Waals surface area contributed by atoms with Gasteiger partial charge in [0.05, 0.1) is 6.42 Å². The molecule has 6 nitrogen and oxygen atoms in total. The number of aliphatic hydroxyl groups is 1. The Morgan fingerprint density at radius 1 is 1.24 bits per heavy atom. The van der Waals surface area contributed by atoms with Crippen molar-refractivity contribution in [3.8, 4) is 0 Å². The Morgan fingerprint density at radius 2 is 1.76 bits per heavy atom. The van der Waals surface area contributed by atoms with Crippen molar-refractivity contribution in [1.29, 1.82) is 0 Å². The molecule has 1 rings (SSSR count). The van der Waals surface area contributed by atoms with Gasteiger partial charge < -0.3 is 20.0 Å². The number of hydrogen-bond acceptors (Lipinski definition) is 3. The minimum Gasteiger partial charge on any atom is -0.481 e. The Kier molecular flexibility index (Phi) is 4.06. The first kappa shape index (κ1) is 13.9. The summed E-state index contributed by atoms with van der Waals surface area (Å²) in [6.07, 6.45) is -1.42. The lowest BCUT2D eigenvalue weighted by atomic mass is 10.1. The molecule has 0 amide bonds. The van der Waals surface area contributed by atoms with Crippen LogP contribution in [0.5, 0.6) is 0 Å². The van der Waals surface area contributed by atoms with E-state index in [1.165, 1.54) is 0 Å². The Labute approximate surface area is 97.7 Å². The number of carbonyl (C=O) groups is 1. The first-order valence-electron chi connectivity index (χ1n) is 4.78. The molecule has 0 aromatic heterocycles. The van der Waals surface area contributed by atoms with Crippen LogP contribution in [0.15, 0.2) is 30.3 Å². The van der Waals surface area contributed by atoms with E-state index in [-0.39, 0.29) is 0 Å². The van der Waals surface area contributed by atoms with E-state index < -0.39 is 31.7 Å². The van der Waals surface area contributed by atoms with E-state index in [1.807, 2.05) is 0 Å². The summed E-state index contributed by atoms with van der Waals surface area (Å²) in [5.74, 6) is -1.47. The second-order valence-electron chi connectivity index (χ2n) is 3.76. The SMILES string of the molecule is O=C(O)CC(O)(Cc1ccccc1)P(=O)(O)O.